The molecular formula is C21H25N5O2S2. The average molecular weight is 444 g/mol. The first-order chi connectivity index (χ1) is 14.4. The normalized spacial score (nSPS) is 11.0. The summed E-state index contributed by atoms with van der Waals surface area (Å²) in [6.07, 6.45) is 0.970. The van der Waals surface area contributed by atoms with Crippen molar-refractivity contribution in [2.75, 3.05) is 28.3 Å². The fourth-order valence-corrected chi connectivity index (χ4v) is 4.56. The Morgan fingerprint density at radius 2 is 1.80 bits per heavy atom. The maximum absolute atomic E-state index is 8.60. The van der Waals surface area contributed by atoms with Gasteiger partial charge >= 0.3 is 0 Å². The predicted molar refractivity (Wildman–Crippen MR) is 121 cm³/mol. The summed E-state index contributed by atoms with van der Waals surface area (Å²) in [7, 11) is 7.13. The van der Waals surface area contributed by atoms with Crippen molar-refractivity contribution in [3.8, 4) is 11.5 Å². The minimum absolute atomic E-state index is 0.239. The first kappa shape index (κ1) is 22.1. The van der Waals surface area contributed by atoms with E-state index < -0.39 is 0 Å². The van der Waals surface area contributed by atoms with Gasteiger partial charge in [-0.05, 0) is 49.3 Å². The number of rotatable bonds is 8. The molecule has 0 saturated carbocycles. The van der Waals surface area contributed by atoms with Gasteiger partial charge < -0.3 is 9.47 Å². The second-order valence-corrected chi connectivity index (χ2v) is 9.13. The lowest BCUT2D eigenvalue weighted by atomic mass is 10.1. The maximum atomic E-state index is 8.60. The number of hydrogen-bond donors (Lipinski definition) is 2. The molecule has 0 radical (unpaired) electrons. The molecule has 2 N–H and O–H groups in total. The molecule has 1 aromatic heterocycles. The topological polar surface area (TPSA) is 87.2 Å². The molecule has 0 fully saturated rings. The molecule has 2 aromatic carbocycles. The average Bonchev–Trinajstić information content (AvgIpc) is 3.09. The molecule has 0 saturated heterocycles. The highest BCUT2D eigenvalue weighted by Crippen LogP contribution is 2.36. The number of aromatic nitrogens is 2. The van der Waals surface area contributed by atoms with Crippen LogP contribution in [0.1, 0.15) is 16.1 Å². The standard InChI is InChI=1S/C21H25N5O2S2/c1-25(2)30-18-13-17(28-4)16(27-3)11-15(18)12-19(22)26-21(23)29-20(24-26)10-14-8-6-5-7-9-14/h5-9,11,13,22-23H,10,12H2,1-4H3. The summed E-state index contributed by atoms with van der Waals surface area (Å²) in [5, 5.41) is 22.2. The summed E-state index contributed by atoms with van der Waals surface area (Å²) in [5.41, 5.74) is 2.05. The van der Waals surface area contributed by atoms with Crippen LogP contribution in [0, 0.1) is 10.8 Å². The van der Waals surface area contributed by atoms with Crippen LogP contribution in [0.5, 0.6) is 11.5 Å². The van der Waals surface area contributed by atoms with Gasteiger partial charge in [0.1, 0.15) is 10.8 Å². The van der Waals surface area contributed by atoms with Crippen LogP contribution in [-0.4, -0.2) is 48.2 Å². The number of ether oxygens (including phenoxy) is 2. The largest absolute Gasteiger partial charge is 0.493 e. The van der Waals surface area contributed by atoms with Gasteiger partial charge in [-0.3, -0.25) is 15.1 Å². The van der Waals surface area contributed by atoms with E-state index in [9.17, 15) is 0 Å². The van der Waals surface area contributed by atoms with Crippen molar-refractivity contribution < 1.29 is 9.47 Å². The zero-order chi connectivity index (χ0) is 21.7. The molecule has 0 bridgehead atoms. The van der Waals surface area contributed by atoms with E-state index in [2.05, 4.69) is 5.10 Å². The Balaban J connectivity index is 1.87. The summed E-state index contributed by atoms with van der Waals surface area (Å²) in [6.45, 7) is 0. The van der Waals surface area contributed by atoms with Crippen LogP contribution in [0.4, 0.5) is 0 Å². The summed E-state index contributed by atoms with van der Waals surface area (Å²) in [6, 6.07) is 13.8. The van der Waals surface area contributed by atoms with Crippen molar-refractivity contribution >= 4 is 29.1 Å². The molecule has 0 aliphatic heterocycles. The van der Waals surface area contributed by atoms with Crippen LogP contribution in [-0.2, 0) is 12.8 Å². The van der Waals surface area contributed by atoms with Crippen LogP contribution in [0.15, 0.2) is 47.4 Å². The van der Waals surface area contributed by atoms with E-state index in [1.165, 1.54) is 16.0 Å². The van der Waals surface area contributed by atoms with E-state index in [-0.39, 0.29) is 10.6 Å². The van der Waals surface area contributed by atoms with Gasteiger partial charge in [0.05, 0.1) is 14.2 Å². The van der Waals surface area contributed by atoms with Crippen molar-refractivity contribution in [3.63, 3.8) is 0 Å². The Hall–Kier alpha value is -2.62. The van der Waals surface area contributed by atoms with Crippen LogP contribution < -0.4 is 14.3 Å². The Labute approximate surface area is 184 Å². The third-order valence-corrected chi connectivity index (χ3v) is 6.05. The Kier molecular flexibility index (Phi) is 7.30. The summed E-state index contributed by atoms with van der Waals surface area (Å²) >= 11 is 2.85. The third kappa shape index (κ3) is 5.29. The second kappa shape index (κ2) is 9.92. The van der Waals surface area contributed by atoms with Crippen molar-refractivity contribution in [2.24, 2.45) is 0 Å². The van der Waals surface area contributed by atoms with Gasteiger partial charge in [-0.25, -0.2) is 0 Å². The minimum Gasteiger partial charge on any atom is -0.493 e. The quantitative estimate of drug-likeness (QED) is 0.315. The molecule has 0 aliphatic carbocycles. The lowest BCUT2D eigenvalue weighted by molar-refractivity contribution is 0.353. The van der Waals surface area contributed by atoms with Gasteiger partial charge in [0.15, 0.2) is 11.5 Å². The van der Waals surface area contributed by atoms with Gasteiger partial charge in [0.25, 0.3) is 0 Å². The van der Waals surface area contributed by atoms with Gasteiger partial charge in [-0.2, -0.15) is 9.78 Å². The van der Waals surface area contributed by atoms with Crippen molar-refractivity contribution in [3.05, 3.63) is 63.4 Å². The Morgan fingerprint density at radius 1 is 1.13 bits per heavy atom. The molecule has 0 atom stereocenters. The smallest absolute Gasteiger partial charge is 0.206 e. The van der Waals surface area contributed by atoms with E-state index >= 15 is 0 Å². The van der Waals surface area contributed by atoms with Crippen LogP contribution in [0.3, 0.4) is 0 Å². The lowest BCUT2D eigenvalue weighted by Crippen LogP contribution is -2.25. The van der Waals surface area contributed by atoms with Crippen molar-refractivity contribution in [2.45, 2.75) is 17.7 Å². The monoisotopic (exact) mass is 443 g/mol. The summed E-state index contributed by atoms with van der Waals surface area (Å²) < 4.78 is 14.3. The summed E-state index contributed by atoms with van der Waals surface area (Å²) in [5.74, 6) is 1.50. The first-order valence-corrected chi connectivity index (χ1v) is 10.9. The van der Waals surface area contributed by atoms with Gasteiger partial charge in [-0.1, -0.05) is 41.7 Å². The number of methoxy groups -OCH3 is 2. The molecule has 7 nitrogen and oxygen atoms in total. The van der Waals surface area contributed by atoms with E-state index in [1.54, 1.807) is 26.2 Å². The molecule has 0 aliphatic rings. The highest BCUT2D eigenvalue weighted by molar-refractivity contribution is 7.97. The van der Waals surface area contributed by atoms with E-state index in [1.807, 2.05) is 60.9 Å². The number of nitrogens with one attached hydrogen (secondary N) is 2. The van der Waals surface area contributed by atoms with Gasteiger partial charge in [0.2, 0.25) is 4.80 Å². The third-order valence-electron chi connectivity index (χ3n) is 4.28. The fraction of sp³-hybridized carbons (Fsp3) is 0.286. The maximum Gasteiger partial charge on any atom is 0.206 e. The molecular weight excluding hydrogens is 418 g/mol. The molecule has 0 unspecified atom stereocenters. The van der Waals surface area contributed by atoms with Crippen LogP contribution in [0.2, 0.25) is 0 Å². The second-order valence-electron chi connectivity index (χ2n) is 6.72. The van der Waals surface area contributed by atoms with Gasteiger partial charge in [0, 0.05) is 17.7 Å². The highest BCUT2D eigenvalue weighted by Gasteiger charge is 2.16. The zero-order valence-electron chi connectivity index (χ0n) is 17.4. The fourth-order valence-electron chi connectivity index (χ4n) is 2.93. The van der Waals surface area contributed by atoms with E-state index in [0.29, 0.717) is 24.3 Å². The summed E-state index contributed by atoms with van der Waals surface area (Å²) in [4.78, 5) is 1.21. The Bertz CT molecular complexity index is 1080. The van der Waals surface area contributed by atoms with E-state index in [4.69, 9.17) is 20.3 Å². The number of benzene rings is 2. The SMILES string of the molecule is COc1cc(CC(=N)n2nc(Cc3ccccc3)sc2=N)c(SN(C)C)cc1OC. The minimum atomic E-state index is 0.239. The predicted octanol–water partition coefficient (Wildman–Crippen LogP) is 3.67. The van der Waals surface area contributed by atoms with Crippen molar-refractivity contribution in [1.29, 1.82) is 10.8 Å². The number of nitrogens with zero attached hydrogens (tertiary/aromatic N) is 3. The molecule has 1 heterocycles. The first-order valence-electron chi connectivity index (χ1n) is 9.26. The molecule has 9 heteroatoms. The molecule has 3 aromatic rings. The van der Waals surface area contributed by atoms with E-state index in [0.717, 1.165) is 21.0 Å². The molecule has 0 amide bonds. The van der Waals surface area contributed by atoms with Crippen molar-refractivity contribution in [1.82, 2.24) is 14.1 Å². The molecule has 30 heavy (non-hydrogen) atoms. The Morgan fingerprint density at radius 3 is 2.43 bits per heavy atom. The van der Waals surface area contributed by atoms with Crippen LogP contribution in [0.25, 0.3) is 0 Å². The zero-order valence-corrected chi connectivity index (χ0v) is 19.1. The van der Waals surface area contributed by atoms with Crippen LogP contribution >= 0.6 is 23.3 Å². The number of hydrogen-bond acceptors (Lipinski definition) is 8. The van der Waals surface area contributed by atoms with Gasteiger partial charge in [-0.15, -0.1) is 0 Å². The lowest BCUT2D eigenvalue weighted by Gasteiger charge is -2.17. The molecule has 158 valence electrons. The molecule has 0 spiro atoms. The highest BCUT2D eigenvalue weighted by atomic mass is 32.2. The molecule has 3 rings (SSSR count).